The lowest BCUT2D eigenvalue weighted by Gasteiger charge is -2.31. The molecule has 140 valence electrons. The van der Waals surface area contributed by atoms with Crippen LogP contribution in [0.15, 0.2) is 34.9 Å². The molecule has 0 aliphatic carbocycles. The number of benzene rings is 1. The lowest BCUT2D eigenvalue weighted by molar-refractivity contribution is -0.122. The van der Waals surface area contributed by atoms with E-state index in [0.29, 0.717) is 12.8 Å². The van der Waals surface area contributed by atoms with Crippen molar-refractivity contribution in [1.29, 1.82) is 0 Å². The smallest absolute Gasteiger partial charge is 0.220 e. The Morgan fingerprint density at radius 1 is 1.23 bits per heavy atom. The first-order chi connectivity index (χ1) is 12.6. The van der Waals surface area contributed by atoms with Gasteiger partial charge >= 0.3 is 0 Å². The fourth-order valence-corrected chi connectivity index (χ4v) is 3.33. The quantitative estimate of drug-likeness (QED) is 0.824. The molecule has 1 aliphatic rings. The number of ether oxygens (including phenoxy) is 1. The molecule has 1 aliphatic heterocycles. The van der Waals surface area contributed by atoms with Crippen LogP contribution in [-0.4, -0.2) is 48.8 Å². The first-order valence-electron chi connectivity index (χ1n) is 9.19. The van der Waals surface area contributed by atoms with Gasteiger partial charge in [-0.1, -0.05) is 35.5 Å². The van der Waals surface area contributed by atoms with Crippen molar-refractivity contribution in [3.8, 4) is 0 Å². The van der Waals surface area contributed by atoms with Crippen molar-refractivity contribution in [3.05, 3.63) is 52.9 Å². The Morgan fingerprint density at radius 3 is 2.62 bits per heavy atom. The maximum absolute atomic E-state index is 12.6. The molecule has 1 fully saturated rings. The molecule has 0 saturated carbocycles. The second-order valence-corrected chi connectivity index (χ2v) is 6.75. The van der Waals surface area contributed by atoms with Crippen LogP contribution < -0.4 is 5.32 Å². The predicted molar refractivity (Wildman–Crippen MR) is 98.9 cm³/mol. The second-order valence-electron chi connectivity index (χ2n) is 6.75. The molecule has 1 unspecified atom stereocenters. The Labute approximate surface area is 154 Å². The van der Waals surface area contributed by atoms with Crippen LogP contribution in [-0.2, 0) is 16.0 Å². The molecule has 6 nitrogen and oxygen atoms in total. The highest BCUT2D eigenvalue weighted by molar-refractivity contribution is 5.76. The van der Waals surface area contributed by atoms with Crippen molar-refractivity contribution in [1.82, 2.24) is 15.4 Å². The van der Waals surface area contributed by atoms with Gasteiger partial charge in [-0.15, -0.1) is 0 Å². The molecule has 0 spiro atoms. The minimum absolute atomic E-state index is 0.0218. The van der Waals surface area contributed by atoms with Crippen molar-refractivity contribution in [3.63, 3.8) is 0 Å². The normalized spacial score (nSPS) is 16.4. The van der Waals surface area contributed by atoms with E-state index in [1.165, 1.54) is 0 Å². The van der Waals surface area contributed by atoms with Crippen LogP contribution in [0.4, 0.5) is 0 Å². The van der Waals surface area contributed by atoms with E-state index in [4.69, 9.17) is 9.26 Å². The number of amides is 1. The number of nitrogens with zero attached hydrogens (tertiary/aromatic N) is 2. The molecule has 0 bridgehead atoms. The lowest BCUT2D eigenvalue weighted by atomic mass is 10.0. The predicted octanol–water partition coefficient (Wildman–Crippen LogP) is 2.41. The van der Waals surface area contributed by atoms with Gasteiger partial charge in [0.05, 0.1) is 24.9 Å². The highest BCUT2D eigenvalue weighted by atomic mass is 16.5. The molecular weight excluding hydrogens is 330 g/mol. The molecule has 1 aromatic heterocycles. The van der Waals surface area contributed by atoms with Crippen molar-refractivity contribution in [2.45, 2.75) is 32.7 Å². The van der Waals surface area contributed by atoms with Crippen molar-refractivity contribution >= 4 is 5.91 Å². The molecule has 0 radical (unpaired) electrons. The van der Waals surface area contributed by atoms with E-state index in [1.807, 2.05) is 32.0 Å². The van der Waals surface area contributed by atoms with E-state index in [9.17, 15) is 4.79 Å². The molecule has 1 N–H and O–H groups in total. The summed E-state index contributed by atoms with van der Waals surface area (Å²) in [7, 11) is 0. The van der Waals surface area contributed by atoms with Crippen molar-refractivity contribution in [2.24, 2.45) is 0 Å². The minimum atomic E-state index is -0.0218. The standard InChI is InChI=1S/C20H27N3O3/c1-15-18(16(2)26-22-15)8-9-20(24)21-19(17-6-4-3-5-7-17)14-23-10-12-25-13-11-23/h3-7,19H,8-14H2,1-2H3,(H,21,24). The summed E-state index contributed by atoms with van der Waals surface area (Å²) in [5.41, 5.74) is 3.03. The average molecular weight is 357 g/mol. The topological polar surface area (TPSA) is 67.6 Å². The van der Waals surface area contributed by atoms with E-state index >= 15 is 0 Å². The molecule has 1 atom stereocenters. The minimum Gasteiger partial charge on any atom is -0.379 e. The first-order valence-corrected chi connectivity index (χ1v) is 9.19. The van der Waals surface area contributed by atoms with Crippen LogP contribution in [0.3, 0.4) is 0 Å². The van der Waals surface area contributed by atoms with Crippen LogP contribution in [0.25, 0.3) is 0 Å². The molecule has 6 heteroatoms. The van der Waals surface area contributed by atoms with Gasteiger partial charge in [0, 0.05) is 31.6 Å². The number of carbonyl (C=O) groups is 1. The van der Waals surface area contributed by atoms with E-state index in [2.05, 4.69) is 27.5 Å². The number of morpholine rings is 1. The molecular formula is C20H27N3O3. The summed E-state index contributed by atoms with van der Waals surface area (Å²) in [6, 6.07) is 10.1. The monoisotopic (exact) mass is 357 g/mol. The zero-order chi connectivity index (χ0) is 18.4. The third-order valence-electron chi connectivity index (χ3n) is 4.86. The van der Waals surface area contributed by atoms with Gasteiger partial charge in [0.2, 0.25) is 5.91 Å². The fourth-order valence-electron chi connectivity index (χ4n) is 3.33. The van der Waals surface area contributed by atoms with Gasteiger partial charge in [-0.05, 0) is 25.8 Å². The Morgan fingerprint density at radius 2 is 1.96 bits per heavy atom. The summed E-state index contributed by atoms with van der Waals surface area (Å²) in [5, 5.41) is 7.16. The maximum atomic E-state index is 12.6. The maximum Gasteiger partial charge on any atom is 0.220 e. The Hall–Kier alpha value is -2.18. The molecule has 1 saturated heterocycles. The van der Waals surface area contributed by atoms with Crippen molar-refractivity contribution in [2.75, 3.05) is 32.8 Å². The summed E-state index contributed by atoms with van der Waals surface area (Å²) in [4.78, 5) is 14.9. The number of carbonyl (C=O) groups excluding carboxylic acids is 1. The summed E-state index contributed by atoms with van der Waals surface area (Å²) in [6.45, 7) is 7.90. The van der Waals surface area contributed by atoms with Gasteiger partial charge < -0.3 is 14.6 Å². The van der Waals surface area contributed by atoms with Crippen LogP contribution in [0.5, 0.6) is 0 Å². The van der Waals surface area contributed by atoms with Gasteiger partial charge in [-0.2, -0.15) is 0 Å². The summed E-state index contributed by atoms with van der Waals surface area (Å²) in [6.07, 6.45) is 1.07. The van der Waals surface area contributed by atoms with E-state index in [1.54, 1.807) is 0 Å². The summed E-state index contributed by atoms with van der Waals surface area (Å²) in [5.74, 6) is 0.843. The molecule has 1 aromatic carbocycles. The molecule has 2 aromatic rings. The third-order valence-corrected chi connectivity index (χ3v) is 4.86. The van der Waals surface area contributed by atoms with Gasteiger partial charge in [0.1, 0.15) is 5.76 Å². The van der Waals surface area contributed by atoms with Crippen LogP contribution in [0.1, 0.15) is 35.0 Å². The largest absolute Gasteiger partial charge is 0.379 e. The van der Waals surface area contributed by atoms with Gasteiger partial charge in [-0.3, -0.25) is 9.69 Å². The average Bonchev–Trinajstić information content (AvgIpc) is 2.99. The number of aryl methyl sites for hydroxylation is 2. The number of hydrogen-bond acceptors (Lipinski definition) is 5. The molecule has 2 heterocycles. The Kier molecular flexibility index (Phi) is 6.41. The highest BCUT2D eigenvalue weighted by Gasteiger charge is 2.20. The third kappa shape index (κ3) is 4.93. The molecule has 3 rings (SSSR count). The van der Waals surface area contributed by atoms with Crippen molar-refractivity contribution < 1.29 is 14.1 Å². The number of aromatic nitrogens is 1. The Bertz CT molecular complexity index is 689. The van der Waals surface area contributed by atoms with Gasteiger partial charge in [-0.25, -0.2) is 0 Å². The molecule has 26 heavy (non-hydrogen) atoms. The number of nitrogens with one attached hydrogen (secondary N) is 1. The van der Waals surface area contributed by atoms with E-state index in [0.717, 1.165) is 55.4 Å². The van der Waals surface area contributed by atoms with Crippen LogP contribution >= 0.6 is 0 Å². The SMILES string of the molecule is Cc1noc(C)c1CCC(=O)NC(CN1CCOCC1)c1ccccc1. The van der Waals surface area contributed by atoms with Gasteiger partial charge in [0.15, 0.2) is 0 Å². The number of hydrogen-bond donors (Lipinski definition) is 1. The molecule has 1 amide bonds. The lowest BCUT2D eigenvalue weighted by Crippen LogP contribution is -2.43. The first kappa shape index (κ1) is 18.6. The fraction of sp³-hybridized carbons (Fsp3) is 0.500. The summed E-state index contributed by atoms with van der Waals surface area (Å²) >= 11 is 0. The highest BCUT2D eigenvalue weighted by Crippen LogP contribution is 2.17. The van der Waals surface area contributed by atoms with Crippen LogP contribution in [0, 0.1) is 13.8 Å². The van der Waals surface area contributed by atoms with E-state index in [-0.39, 0.29) is 11.9 Å². The van der Waals surface area contributed by atoms with E-state index < -0.39 is 0 Å². The van der Waals surface area contributed by atoms with Crippen LogP contribution in [0.2, 0.25) is 0 Å². The zero-order valence-corrected chi connectivity index (χ0v) is 15.5. The zero-order valence-electron chi connectivity index (χ0n) is 15.5. The Balaban J connectivity index is 1.61. The second kappa shape index (κ2) is 8.96. The summed E-state index contributed by atoms with van der Waals surface area (Å²) < 4.78 is 10.6. The number of rotatable bonds is 7. The van der Waals surface area contributed by atoms with Gasteiger partial charge in [0.25, 0.3) is 0 Å².